The zero-order chi connectivity index (χ0) is 13.7. The van der Waals surface area contributed by atoms with Crippen LogP contribution in [-0.2, 0) is 14.3 Å². The summed E-state index contributed by atoms with van der Waals surface area (Å²) in [5.74, 6) is -1.66. The molecule has 1 aliphatic rings. The van der Waals surface area contributed by atoms with Gasteiger partial charge < -0.3 is 9.84 Å². The Kier molecular flexibility index (Phi) is 5.85. The number of allylic oxidation sites excluding steroid dienone is 1. The summed E-state index contributed by atoms with van der Waals surface area (Å²) in [4.78, 5) is 23.4. The number of hydrogen-bond acceptors (Lipinski definition) is 4. The molecule has 18 heavy (non-hydrogen) atoms. The number of ketones is 1. The topological polar surface area (TPSA) is 63.6 Å². The average molecular weight is 319 g/mol. The van der Waals surface area contributed by atoms with Crippen molar-refractivity contribution in [2.75, 3.05) is 7.11 Å². The van der Waals surface area contributed by atoms with E-state index in [1.165, 1.54) is 7.11 Å². The van der Waals surface area contributed by atoms with Gasteiger partial charge in [0.25, 0.3) is 0 Å². The summed E-state index contributed by atoms with van der Waals surface area (Å²) < 4.78 is 4.83. The van der Waals surface area contributed by atoms with Crippen LogP contribution in [0.1, 0.15) is 39.0 Å². The van der Waals surface area contributed by atoms with Crippen LogP contribution in [0.3, 0.4) is 0 Å². The Bertz CT molecular complexity index is 362. The predicted octanol–water partition coefficient (Wildman–Crippen LogP) is 3.11. The Morgan fingerprint density at radius 3 is 2.72 bits per heavy atom. The van der Waals surface area contributed by atoms with Crippen molar-refractivity contribution in [1.82, 2.24) is 0 Å². The molecule has 0 fully saturated rings. The van der Waals surface area contributed by atoms with Crippen LogP contribution in [0.4, 0.5) is 0 Å². The predicted molar refractivity (Wildman–Crippen MR) is 71.3 cm³/mol. The third-order valence-electron chi connectivity index (χ3n) is 3.32. The van der Waals surface area contributed by atoms with E-state index < -0.39 is 11.9 Å². The standard InChI is InChI=1S/C13H19BrO4/c1-3-4-5-6-8-7-9(15)11(14)12(16)10(8)13(17)18-2/h8,10,16H,3-7H2,1-2H3/t8-,10+/m1/s1. The monoisotopic (exact) mass is 318 g/mol. The first-order valence-electron chi connectivity index (χ1n) is 6.22. The molecule has 1 aliphatic carbocycles. The number of aliphatic hydroxyl groups excluding tert-OH is 1. The molecule has 0 unspecified atom stereocenters. The number of hydrogen-bond donors (Lipinski definition) is 1. The van der Waals surface area contributed by atoms with Gasteiger partial charge >= 0.3 is 5.97 Å². The lowest BCUT2D eigenvalue weighted by Crippen LogP contribution is -2.33. The Hall–Kier alpha value is -0.840. The summed E-state index contributed by atoms with van der Waals surface area (Å²) in [5, 5.41) is 9.95. The number of carbonyl (C=O) groups is 2. The van der Waals surface area contributed by atoms with E-state index in [-0.39, 0.29) is 28.4 Å². The highest BCUT2D eigenvalue weighted by molar-refractivity contribution is 9.12. The zero-order valence-electron chi connectivity index (χ0n) is 10.7. The maximum atomic E-state index is 11.7. The molecule has 102 valence electrons. The fraction of sp³-hybridized carbons (Fsp3) is 0.692. The first-order chi connectivity index (χ1) is 8.52. The van der Waals surface area contributed by atoms with Gasteiger partial charge in [0.2, 0.25) is 0 Å². The molecule has 4 nitrogen and oxygen atoms in total. The number of esters is 1. The minimum atomic E-state index is -0.709. The van der Waals surface area contributed by atoms with E-state index in [0.717, 1.165) is 25.7 Å². The first-order valence-corrected chi connectivity index (χ1v) is 7.01. The molecule has 0 aromatic heterocycles. The van der Waals surface area contributed by atoms with E-state index in [4.69, 9.17) is 4.74 Å². The van der Waals surface area contributed by atoms with Gasteiger partial charge in [-0.1, -0.05) is 26.2 Å². The third kappa shape index (κ3) is 3.34. The second kappa shape index (κ2) is 6.92. The number of Topliss-reactive ketones (excluding diaryl/α,β-unsaturated/α-hetero) is 1. The van der Waals surface area contributed by atoms with Gasteiger partial charge in [0.1, 0.15) is 11.7 Å². The van der Waals surface area contributed by atoms with Gasteiger partial charge in [0.05, 0.1) is 11.6 Å². The molecule has 0 aromatic rings. The molecule has 0 amide bonds. The van der Waals surface area contributed by atoms with Crippen LogP contribution < -0.4 is 0 Å². The van der Waals surface area contributed by atoms with Crippen molar-refractivity contribution in [2.45, 2.75) is 39.0 Å². The molecule has 2 atom stereocenters. The smallest absolute Gasteiger partial charge is 0.316 e. The first kappa shape index (κ1) is 15.2. The largest absolute Gasteiger partial charge is 0.510 e. The van der Waals surface area contributed by atoms with Crippen molar-refractivity contribution in [3.63, 3.8) is 0 Å². The molecule has 0 radical (unpaired) electrons. The van der Waals surface area contributed by atoms with Crippen molar-refractivity contribution in [3.05, 3.63) is 10.2 Å². The Morgan fingerprint density at radius 2 is 2.17 bits per heavy atom. The van der Waals surface area contributed by atoms with Gasteiger partial charge in [-0.25, -0.2) is 0 Å². The lowest BCUT2D eigenvalue weighted by molar-refractivity contribution is -0.147. The second-order valence-corrected chi connectivity index (χ2v) is 5.38. The number of rotatable bonds is 5. The van der Waals surface area contributed by atoms with E-state index >= 15 is 0 Å². The van der Waals surface area contributed by atoms with Gasteiger partial charge in [0, 0.05) is 6.42 Å². The van der Waals surface area contributed by atoms with E-state index in [1.54, 1.807) is 0 Å². The van der Waals surface area contributed by atoms with E-state index in [9.17, 15) is 14.7 Å². The molecule has 0 saturated carbocycles. The van der Waals surface area contributed by atoms with Crippen LogP contribution in [0.15, 0.2) is 10.2 Å². The second-order valence-electron chi connectivity index (χ2n) is 4.58. The van der Waals surface area contributed by atoms with Crippen molar-refractivity contribution in [3.8, 4) is 0 Å². The van der Waals surface area contributed by atoms with E-state index in [1.807, 2.05) is 0 Å². The average Bonchev–Trinajstić information content (AvgIpc) is 2.36. The number of ether oxygens (including phenoxy) is 1. The van der Waals surface area contributed by atoms with Crippen molar-refractivity contribution >= 4 is 27.7 Å². The number of unbranched alkanes of at least 4 members (excludes halogenated alkanes) is 2. The highest BCUT2D eigenvalue weighted by atomic mass is 79.9. The molecular weight excluding hydrogens is 300 g/mol. The van der Waals surface area contributed by atoms with Crippen molar-refractivity contribution in [2.24, 2.45) is 11.8 Å². The Labute approximate surface area is 116 Å². The van der Waals surface area contributed by atoms with Crippen molar-refractivity contribution in [1.29, 1.82) is 0 Å². The number of carbonyl (C=O) groups excluding carboxylic acids is 2. The van der Waals surface area contributed by atoms with Crippen LogP contribution in [0.25, 0.3) is 0 Å². The fourth-order valence-corrected chi connectivity index (χ4v) is 2.71. The summed E-state index contributed by atoms with van der Waals surface area (Å²) in [5.41, 5.74) is 0. The molecule has 5 heteroatoms. The van der Waals surface area contributed by atoms with Gasteiger partial charge in [-0.15, -0.1) is 0 Å². The number of halogens is 1. The lowest BCUT2D eigenvalue weighted by Gasteiger charge is -2.28. The minimum absolute atomic E-state index is 0.115. The van der Waals surface area contributed by atoms with Crippen LogP contribution in [-0.4, -0.2) is 24.0 Å². The van der Waals surface area contributed by atoms with E-state index in [2.05, 4.69) is 22.9 Å². The van der Waals surface area contributed by atoms with Gasteiger partial charge in [0.15, 0.2) is 5.78 Å². The lowest BCUT2D eigenvalue weighted by atomic mass is 9.79. The molecular formula is C13H19BrO4. The zero-order valence-corrected chi connectivity index (χ0v) is 12.3. The molecule has 1 rings (SSSR count). The maximum absolute atomic E-state index is 11.7. The maximum Gasteiger partial charge on any atom is 0.316 e. The van der Waals surface area contributed by atoms with Gasteiger partial charge in [-0.3, -0.25) is 9.59 Å². The Balaban J connectivity index is 2.87. The van der Waals surface area contributed by atoms with Crippen molar-refractivity contribution < 1.29 is 19.4 Å². The van der Waals surface area contributed by atoms with E-state index in [0.29, 0.717) is 0 Å². The molecule has 0 saturated heterocycles. The normalized spacial score (nSPS) is 24.3. The fourth-order valence-electron chi connectivity index (χ4n) is 2.30. The summed E-state index contributed by atoms with van der Waals surface area (Å²) in [6, 6.07) is 0. The Morgan fingerprint density at radius 1 is 1.50 bits per heavy atom. The van der Waals surface area contributed by atoms with Crippen LogP contribution in [0, 0.1) is 11.8 Å². The number of aliphatic hydroxyl groups is 1. The van der Waals surface area contributed by atoms with Crippen LogP contribution >= 0.6 is 15.9 Å². The highest BCUT2D eigenvalue weighted by Gasteiger charge is 2.40. The summed E-state index contributed by atoms with van der Waals surface area (Å²) in [6.45, 7) is 2.10. The molecule has 0 bridgehead atoms. The molecule has 0 heterocycles. The summed E-state index contributed by atoms with van der Waals surface area (Å²) in [6.07, 6.45) is 4.13. The van der Waals surface area contributed by atoms with Crippen LogP contribution in [0.2, 0.25) is 0 Å². The molecule has 0 aromatic carbocycles. The van der Waals surface area contributed by atoms with Crippen LogP contribution in [0.5, 0.6) is 0 Å². The quantitative estimate of drug-likeness (QED) is 0.625. The minimum Gasteiger partial charge on any atom is -0.510 e. The third-order valence-corrected chi connectivity index (χ3v) is 4.17. The van der Waals surface area contributed by atoms with Gasteiger partial charge in [-0.2, -0.15) is 0 Å². The SMILES string of the molecule is CCCCC[C@@H]1CC(=O)C(Br)=C(O)[C@H]1C(=O)OC. The molecule has 1 N–H and O–H groups in total. The number of methoxy groups -OCH3 is 1. The highest BCUT2D eigenvalue weighted by Crippen LogP contribution is 2.37. The van der Waals surface area contributed by atoms with Gasteiger partial charge in [-0.05, 0) is 28.3 Å². The molecule has 0 aliphatic heterocycles. The summed E-state index contributed by atoms with van der Waals surface area (Å²) >= 11 is 3.04. The summed E-state index contributed by atoms with van der Waals surface area (Å²) in [7, 11) is 1.29. The molecule has 0 spiro atoms.